The van der Waals surface area contributed by atoms with Crippen LogP contribution in [0.3, 0.4) is 0 Å². The Morgan fingerprint density at radius 1 is 1.08 bits per heavy atom. The number of hydrogen-bond acceptors (Lipinski definition) is 5. The minimum Gasteiger partial charge on any atom is -0.452 e. The molecule has 4 aromatic rings. The molecule has 6 nitrogen and oxygen atoms in total. The van der Waals surface area contributed by atoms with E-state index in [0.29, 0.717) is 23.6 Å². The molecule has 2 aromatic carbocycles. The Kier molecular flexibility index (Phi) is 4.00. The second-order valence-corrected chi connectivity index (χ2v) is 5.56. The van der Waals surface area contributed by atoms with E-state index in [1.807, 2.05) is 54.6 Å². The Morgan fingerprint density at radius 2 is 1.88 bits per heavy atom. The number of aromatic nitrogens is 3. The molecule has 0 N–H and O–H groups in total. The maximum absolute atomic E-state index is 12.2. The molecule has 0 unspecified atom stereocenters. The van der Waals surface area contributed by atoms with Crippen molar-refractivity contribution in [3.05, 3.63) is 84.0 Å². The lowest BCUT2D eigenvalue weighted by atomic mass is 10.2. The first kappa shape index (κ1) is 15.1. The van der Waals surface area contributed by atoms with Crippen LogP contribution in [0.1, 0.15) is 21.8 Å². The van der Waals surface area contributed by atoms with Crippen LogP contribution in [0.15, 0.2) is 71.4 Å². The monoisotopic (exact) mass is 333 g/mol. The molecule has 0 aliphatic carbocycles. The molecule has 0 fully saturated rings. The topological polar surface area (TPSA) is 70.2 Å². The van der Waals surface area contributed by atoms with Gasteiger partial charge in [-0.1, -0.05) is 42.5 Å². The first-order valence-corrected chi connectivity index (χ1v) is 7.86. The van der Waals surface area contributed by atoms with Crippen molar-refractivity contribution in [2.24, 2.45) is 0 Å². The molecular weight excluding hydrogens is 318 g/mol. The summed E-state index contributed by atoms with van der Waals surface area (Å²) in [6, 6.07) is 17.3. The van der Waals surface area contributed by atoms with Crippen LogP contribution in [-0.4, -0.2) is 20.7 Å². The molecule has 6 heteroatoms. The smallest absolute Gasteiger partial charge is 0.341 e. The molecule has 25 heavy (non-hydrogen) atoms. The molecular formula is C19H15N3O3. The molecule has 2 aromatic heterocycles. The standard InChI is InChI=1S/C19H15N3O3/c23-19(24-13-18-21-16-8-4-5-9-17(16)25-18)15-10-20-22(12-15)11-14-6-2-1-3-7-14/h1-10,12H,11,13H2. The second-order valence-electron chi connectivity index (χ2n) is 5.56. The third-order valence-corrected chi connectivity index (χ3v) is 3.72. The fraction of sp³-hybridized carbons (Fsp3) is 0.105. The minimum atomic E-state index is -0.457. The van der Waals surface area contributed by atoms with Crippen molar-refractivity contribution in [2.75, 3.05) is 0 Å². The van der Waals surface area contributed by atoms with Crippen LogP contribution in [0, 0.1) is 0 Å². The van der Waals surface area contributed by atoms with Crippen molar-refractivity contribution in [2.45, 2.75) is 13.2 Å². The van der Waals surface area contributed by atoms with Crippen LogP contribution in [0.25, 0.3) is 11.1 Å². The Bertz CT molecular complexity index is 972. The van der Waals surface area contributed by atoms with Crippen LogP contribution < -0.4 is 0 Å². The molecule has 124 valence electrons. The number of carbonyl (C=O) groups is 1. The molecule has 0 atom stereocenters. The summed E-state index contributed by atoms with van der Waals surface area (Å²) < 4.78 is 12.5. The van der Waals surface area contributed by atoms with Crippen molar-refractivity contribution in [3.63, 3.8) is 0 Å². The summed E-state index contributed by atoms with van der Waals surface area (Å²) in [4.78, 5) is 16.4. The first-order chi connectivity index (χ1) is 12.3. The van der Waals surface area contributed by atoms with Crippen molar-refractivity contribution in [3.8, 4) is 0 Å². The number of fused-ring (bicyclic) bond motifs is 1. The SMILES string of the molecule is O=C(OCc1nc2ccccc2o1)c1cnn(Cc2ccccc2)c1. The van der Waals surface area contributed by atoms with Gasteiger partial charge in [0, 0.05) is 6.20 Å². The number of para-hydroxylation sites is 2. The lowest BCUT2D eigenvalue weighted by Gasteiger charge is -2.01. The summed E-state index contributed by atoms with van der Waals surface area (Å²) in [7, 11) is 0. The van der Waals surface area contributed by atoms with E-state index in [4.69, 9.17) is 9.15 Å². The van der Waals surface area contributed by atoms with E-state index in [9.17, 15) is 4.79 Å². The Labute approximate surface area is 143 Å². The summed E-state index contributed by atoms with van der Waals surface area (Å²) in [5.74, 6) is -0.0900. The molecule has 4 rings (SSSR count). The molecule has 0 saturated heterocycles. The predicted molar refractivity (Wildman–Crippen MR) is 90.9 cm³/mol. The first-order valence-electron chi connectivity index (χ1n) is 7.86. The van der Waals surface area contributed by atoms with E-state index in [-0.39, 0.29) is 6.61 Å². The van der Waals surface area contributed by atoms with Gasteiger partial charge in [-0.25, -0.2) is 9.78 Å². The third-order valence-electron chi connectivity index (χ3n) is 3.72. The van der Waals surface area contributed by atoms with Gasteiger partial charge in [-0.05, 0) is 17.7 Å². The van der Waals surface area contributed by atoms with E-state index in [1.165, 1.54) is 6.20 Å². The molecule has 0 radical (unpaired) electrons. The number of nitrogens with zero attached hydrogens (tertiary/aromatic N) is 3. The third kappa shape index (κ3) is 3.42. The quantitative estimate of drug-likeness (QED) is 0.523. The fourth-order valence-electron chi connectivity index (χ4n) is 2.52. The molecule has 0 aliphatic heterocycles. The van der Waals surface area contributed by atoms with E-state index in [0.717, 1.165) is 11.1 Å². The van der Waals surface area contributed by atoms with Gasteiger partial charge in [-0.3, -0.25) is 4.68 Å². The Hall–Kier alpha value is -3.41. The second kappa shape index (κ2) is 6.60. The van der Waals surface area contributed by atoms with Crippen LogP contribution in [0.4, 0.5) is 0 Å². The van der Waals surface area contributed by atoms with Gasteiger partial charge in [-0.2, -0.15) is 5.10 Å². The number of hydrogen-bond donors (Lipinski definition) is 0. The number of oxazole rings is 1. The molecule has 0 saturated carbocycles. The van der Waals surface area contributed by atoms with Gasteiger partial charge in [0.05, 0.1) is 18.3 Å². The molecule has 2 heterocycles. The number of ether oxygens (including phenoxy) is 1. The largest absolute Gasteiger partial charge is 0.452 e. The van der Waals surface area contributed by atoms with Crippen molar-refractivity contribution in [1.82, 2.24) is 14.8 Å². The van der Waals surface area contributed by atoms with E-state index >= 15 is 0 Å². The minimum absolute atomic E-state index is 0.0165. The van der Waals surface area contributed by atoms with Crippen LogP contribution in [-0.2, 0) is 17.9 Å². The summed E-state index contributed by atoms with van der Waals surface area (Å²) in [6.07, 6.45) is 3.17. The number of esters is 1. The van der Waals surface area contributed by atoms with Gasteiger partial charge in [0.15, 0.2) is 12.2 Å². The highest BCUT2D eigenvalue weighted by Gasteiger charge is 2.13. The molecule has 0 amide bonds. The van der Waals surface area contributed by atoms with Gasteiger partial charge in [0.2, 0.25) is 5.89 Å². The van der Waals surface area contributed by atoms with Crippen LogP contribution in [0.2, 0.25) is 0 Å². The summed E-state index contributed by atoms with van der Waals surface area (Å²) in [5, 5.41) is 4.20. The normalized spacial score (nSPS) is 10.9. The maximum atomic E-state index is 12.2. The number of rotatable bonds is 5. The van der Waals surface area contributed by atoms with Crippen LogP contribution in [0.5, 0.6) is 0 Å². The average molecular weight is 333 g/mol. The molecule has 0 bridgehead atoms. The van der Waals surface area contributed by atoms with Crippen molar-refractivity contribution in [1.29, 1.82) is 0 Å². The van der Waals surface area contributed by atoms with Gasteiger partial charge in [0.25, 0.3) is 0 Å². The highest BCUT2D eigenvalue weighted by atomic mass is 16.5. The van der Waals surface area contributed by atoms with Gasteiger partial charge >= 0.3 is 5.97 Å². The number of carbonyl (C=O) groups excluding carboxylic acids is 1. The van der Waals surface area contributed by atoms with Gasteiger partial charge in [-0.15, -0.1) is 0 Å². The van der Waals surface area contributed by atoms with E-state index < -0.39 is 5.97 Å². The highest BCUT2D eigenvalue weighted by molar-refractivity contribution is 5.88. The van der Waals surface area contributed by atoms with Crippen molar-refractivity contribution < 1.29 is 13.9 Å². The fourth-order valence-corrected chi connectivity index (χ4v) is 2.52. The Morgan fingerprint density at radius 3 is 2.72 bits per heavy atom. The zero-order chi connectivity index (χ0) is 17.1. The highest BCUT2D eigenvalue weighted by Crippen LogP contribution is 2.15. The molecule has 0 spiro atoms. The summed E-state index contributed by atoms with van der Waals surface area (Å²) in [5.41, 5.74) is 2.91. The lowest BCUT2D eigenvalue weighted by molar-refractivity contribution is 0.0440. The Balaban J connectivity index is 1.39. The van der Waals surface area contributed by atoms with E-state index in [1.54, 1.807) is 10.9 Å². The maximum Gasteiger partial charge on any atom is 0.341 e. The average Bonchev–Trinajstić information content (AvgIpc) is 3.27. The summed E-state index contributed by atoms with van der Waals surface area (Å²) in [6.45, 7) is 0.580. The van der Waals surface area contributed by atoms with Crippen LogP contribution >= 0.6 is 0 Å². The molecule has 0 aliphatic rings. The van der Waals surface area contributed by atoms with Gasteiger partial charge < -0.3 is 9.15 Å². The van der Waals surface area contributed by atoms with E-state index in [2.05, 4.69) is 10.1 Å². The van der Waals surface area contributed by atoms with Gasteiger partial charge in [0.1, 0.15) is 5.52 Å². The number of benzene rings is 2. The van der Waals surface area contributed by atoms with Crippen molar-refractivity contribution >= 4 is 17.1 Å². The predicted octanol–water partition coefficient (Wildman–Crippen LogP) is 3.43. The summed E-state index contributed by atoms with van der Waals surface area (Å²) >= 11 is 0. The zero-order valence-electron chi connectivity index (χ0n) is 13.3. The lowest BCUT2D eigenvalue weighted by Crippen LogP contribution is -2.05. The zero-order valence-corrected chi connectivity index (χ0v) is 13.3.